The number of para-hydroxylation sites is 1. The lowest BCUT2D eigenvalue weighted by Crippen LogP contribution is -2.35. The van der Waals surface area contributed by atoms with Crippen molar-refractivity contribution in [1.29, 1.82) is 0 Å². The Labute approximate surface area is 191 Å². The maximum atomic E-state index is 6.71. The van der Waals surface area contributed by atoms with Gasteiger partial charge in [0, 0.05) is 23.7 Å². The Hall–Kier alpha value is -2.13. The van der Waals surface area contributed by atoms with Gasteiger partial charge in [0.15, 0.2) is 5.96 Å². The van der Waals surface area contributed by atoms with Crippen LogP contribution in [-0.2, 0) is 4.74 Å². The van der Waals surface area contributed by atoms with Crippen LogP contribution in [0, 0.1) is 0 Å². The van der Waals surface area contributed by atoms with E-state index < -0.39 is 0 Å². The van der Waals surface area contributed by atoms with E-state index in [2.05, 4.69) is 59.4 Å². The molecule has 31 heavy (non-hydrogen) atoms. The molecule has 0 spiro atoms. The Morgan fingerprint density at radius 2 is 2.03 bits per heavy atom. The molecule has 6 nitrogen and oxygen atoms in total. The zero-order chi connectivity index (χ0) is 21.6. The summed E-state index contributed by atoms with van der Waals surface area (Å²) in [6.45, 7) is 2.74. The number of hydrogen-bond acceptors (Lipinski definition) is 6. The van der Waals surface area contributed by atoms with Crippen molar-refractivity contribution in [3.8, 4) is 0 Å². The number of fused-ring (bicyclic) bond motifs is 1. The number of likely N-dealkylation sites (tertiary alicyclic amines) is 1. The summed E-state index contributed by atoms with van der Waals surface area (Å²) in [5.74, 6) is 0.958. The van der Waals surface area contributed by atoms with Crippen molar-refractivity contribution in [2.75, 3.05) is 32.4 Å². The molecule has 2 aromatic carbocycles. The number of nitrogens with two attached hydrogens (primary N) is 2. The van der Waals surface area contributed by atoms with Gasteiger partial charge in [0.2, 0.25) is 0 Å². The largest absolute Gasteiger partial charge is 0.370 e. The molecule has 1 unspecified atom stereocenters. The van der Waals surface area contributed by atoms with E-state index in [-0.39, 0.29) is 18.2 Å². The van der Waals surface area contributed by atoms with Crippen LogP contribution < -0.4 is 11.5 Å². The number of piperidine rings is 1. The van der Waals surface area contributed by atoms with Crippen LogP contribution in [0.25, 0.3) is 10.2 Å². The molecule has 4 N–H and O–H groups in total. The number of thiazole rings is 1. The number of aromatic nitrogens is 1. The summed E-state index contributed by atoms with van der Waals surface area (Å²) in [7, 11) is 2.17. The summed E-state index contributed by atoms with van der Waals surface area (Å²) in [6, 6.07) is 16.9. The predicted octanol–water partition coefficient (Wildman–Crippen LogP) is 3.86. The normalized spacial score (nSPS) is 16.4. The molecule has 0 amide bonds. The summed E-state index contributed by atoms with van der Waals surface area (Å²) >= 11 is 3.46. The van der Waals surface area contributed by atoms with Gasteiger partial charge in [0.1, 0.15) is 11.1 Å². The van der Waals surface area contributed by atoms with E-state index in [1.807, 2.05) is 6.07 Å². The fourth-order valence-electron chi connectivity index (χ4n) is 3.70. The lowest BCUT2D eigenvalue weighted by Gasteiger charge is -2.31. The van der Waals surface area contributed by atoms with Crippen molar-refractivity contribution in [1.82, 2.24) is 9.88 Å². The van der Waals surface area contributed by atoms with Crippen LogP contribution in [0.15, 0.2) is 58.4 Å². The standard InChI is InChI=1S/C23H29N5OS2/c1-28-12-9-17(10-13-28)29-21(22-27-19-7-2-3-8-20(19)31-22)16-5-4-6-18(15-16)30-14-11-26-23(24)25/h2-8,15,17,21H,9-14H2,1H3,(H4,24,25,26). The van der Waals surface area contributed by atoms with Crippen LogP contribution in [0.1, 0.15) is 29.5 Å². The molecule has 0 aliphatic carbocycles. The molecule has 1 fully saturated rings. The van der Waals surface area contributed by atoms with Crippen molar-refractivity contribution in [3.63, 3.8) is 0 Å². The predicted molar refractivity (Wildman–Crippen MR) is 131 cm³/mol. The van der Waals surface area contributed by atoms with E-state index in [9.17, 15) is 0 Å². The van der Waals surface area contributed by atoms with Gasteiger partial charge in [0.25, 0.3) is 0 Å². The second-order valence-electron chi connectivity index (χ2n) is 7.77. The number of hydrogen-bond donors (Lipinski definition) is 2. The van der Waals surface area contributed by atoms with Crippen molar-refractivity contribution in [3.05, 3.63) is 59.1 Å². The van der Waals surface area contributed by atoms with Crippen LogP contribution in [-0.4, -0.2) is 54.4 Å². The van der Waals surface area contributed by atoms with Gasteiger partial charge in [-0.05, 0) is 49.7 Å². The molecule has 0 radical (unpaired) electrons. The van der Waals surface area contributed by atoms with Gasteiger partial charge in [-0.3, -0.25) is 4.99 Å². The summed E-state index contributed by atoms with van der Waals surface area (Å²) in [6.07, 6.45) is 2.17. The van der Waals surface area contributed by atoms with E-state index in [4.69, 9.17) is 21.2 Å². The molecule has 2 heterocycles. The van der Waals surface area contributed by atoms with E-state index >= 15 is 0 Å². The van der Waals surface area contributed by atoms with Gasteiger partial charge in [-0.2, -0.15) is 0 Å². The lowest BCUT2D eigenvalue weighted by atomic mass is 10.1. The number of rotatable bonds is 8. The minimum atomic E-state index is -0.163. The second kappa shape index (κ2) is 10.5. The highest BCUT2D eigenvalue weighted by Crippen LogP contribution is 2.36. The van der Waals surface area contributed by atoms with Gasteiger partial charge in [-0.15, -0.1) is 23.1 Å². The van der Waals surface area contributed by atoms with Gasteiger partial charge < -0.3 is 21.1 Å². The van der Waals surface area contributed by atoms with E-state index in [1.165, 1.54) is 9.60 Å². The molecule has 1 aliphatic heterocycles. The van der Waals surface area contributed by atoms with E-state index in [1.54, 1.807) is 23.1 Å². The van der Waals surface area contributed by atoms with Gasteiger partial charge >= 0.3 is 0 Å². The van der Waals surface area contributed by atoms with Crippen molar-refractivity contribution in [2.45, 2.75) is 29.9 Å². The highest BCUT2D eigenvalue weighted by atomic mass is 32.2. The zero-order valence-electron chi connectivity index (χ0n) is 17.7. The number of guanidine groups is 1. The lowest BCUT2D eigenvalue weighted by molar-refractivity contribution is -0.0235. The first kappa shape index (κ1) is 22.1. The van der Waals surface area contributed by atoms with Crippen LogP contribution >= 0.6 is 23.1 Å². The average Bonchev–Trinajstić information content (AvgIpc) is 3.20. The minimum absolute atomic E-state index is 0.136. The molecule has 1 aliphatic rings. The van der Waals surface area contributed by atoms with Crippen molar-refractivity contribution >= 4 is 39.3 Å². The maximum absolute atomic E-state index is 6.71. The third kappa shape index (κ3) is 5.98. The Morgan fingerprint density at radius 1 is 1.23 bits per heavy atom. The Kier molecular flexibility index (Phi) is 7.45. The zero-order valence-corrected chi connectivity index (χ0v) is 19.4. The summed E-state index contributed by atoms with van der Waals surface area (Å²) < 4.78 is 7.90. The first-order chi connectivity index (χ1) is 15.1. The quantitative estimate of drug-likeness (QED) is 0.232. The SMILES string of the molecule is CN1CCC(OC(c2cccc(SCCN=C(N)N)c2)c2nc3ccccc3s2)CC1. The van der Waals surface area contributed by atoms with E-state index in [0.717, 1.165) is 47.8 Å². The van der Waals surface area contributed by atoms with E-state index in [0.29, 0.717) is 6.54 Å². The molecular formula is C23H29N5OS2. The Morgan fingerprint density at radius 3 is 2.81 bits per heavy atom. The number of aliphatic imine (C=N–C) groups is 1. The maximum Gasteiger partial charge on any atom is 0.185 e. The fraction of sp³-hybridized carbons (Fsp3) is 0.391. The highest BCUT2D eigenvalue weighted by molar-refractivity contribution is 7.99. The number of benzene rings is 2. The molecule has 0 saturated carbocycles. The smallest absolute Gasteiger partial charge is 0.185 e. The topological polar surface area (TPSA) is 89.8 Å². The Balaban J connectivity index is 1.57. The molecule has 1 saturated heterocycles. The third-order valence-electron chi connectivity index (χ3n) is 5.34. The van der Waals surface area contributed by atoms with Gasteiger partial charge in [0.05, 0.1) is 22.9 Å². The van der Waals surface area contributed by atoms with Gasteiger partial charge in [-0.1, -0.05) is 24.3 Å². The molecule has 1 atom stereocenters. The molecule has 0 bridgehead atoms. The minimum Gasteiger partial charge on any atom is -0.370 e. The van der Waals surface area contributed by atoms with Crippen molar-refractivity contribution in [2.24, 2.45) is 16.5 Å². The molecular weight excluding hydrogens is 426 g/mol. The second-order valence-corrected chi connectivity index (χ2v) is 10.00. The van der Waals surface area contributed by atoms with Crippen LogP contribution in [0.5, 0.6) is 0 Å². The number of thioether (sulfide) groups is 1. The molecule has 1 aromatic heterocycles. The summed E-state index contributed by atoms with van der Waals surface area (Å²) in [5, 5.41) is 1.02. The molecule has 4 rings (SSSR count). The summed E-state index contributed by atoms with van der Waals surface area (Å²) in [4.78, 5) is 12.5. The fourth-order valence-corrected chi connectivity index (χ4v) is 5.55. The highest BCUT2D eigenvalue weighted by Gasteiger charge is 2.26. The van der Waals surface area contributed by atoms with Crippen LogP contribution in [0.4, 0.5) is 0 Å². The third-order valence-corrected chi connectivity index (χ3v) is 7.40. The first-order valence-electron chi connectivity index (χ1n) is 10.6. The van der Waals surface area contributed by atoms with Gasteiger partial charge in [-0.25, -0.2) is 4.98 Å². The molecule has 8 heteroatoms. The Bertz CT molecular complexity index is 992. The number of nitrogens with zero attached hydrogens (tertiary/aromatic N) is 3. The first-order valence-corrected chi connectivity index (χ1v) is 12.4. The average molecular weight is 456 g/mol. The number of ether oxygens (including phenoxy) is 1. The molecule has 3 aromatic rings. The molecule has 164 valence electrons. The van der Waals surface area contributed by atoms with Crippen LogP contribution in [0.3, 0.4) is 0 Å². The summed E-state index contributed by atoms with van der Waals surface area (Å²) in [5.41, 5.74) is 13.0. The van der Waals surface area contributed by atoms with Crippen molar-refractivity contribution < 1.29 is 4.74 Å². The monoisotopic (exact) mass is 455 g/mol. The van der Waals surface area contributed by atoms with Crippen LogP contribution in [0.2, 0.25) is 0 Å².